The summed E-state index contributed by atoms with van der Waals surface area (Å²) < 4.78 is 7.20. The molecule has 4 aromatic rings. The Morgan fingerprint density at radius 2 is 1.84 bits per heavy atom. The van der Waals surface area contributed by atoms with Crippen molar-refractivity contribution in [2.75, 3.05) is 11.1 Å². The Kier molecular flexibility index (Phi) is 5.24. The standard InChI is InChI=1S/C23H20N6O2/c1-14(2)20-13-26-23(31-20)16-3-7-18(8-4-16)28-22(30)15-5-9-19(10-6-15)29-21(25)17(11-24)12-27-29/h3-10,12-14H,25H2,1-2H3,(H,28,30). The minimum Gasteiger partial charge on any atom is -0.441 e. The number of benzene rings is 2. The van der Waals surface area contributed by atoms with Crippen LogP contribution in [0.3, 0.4) is 0 Å². The van der Waals surface area contributed by atoms with Gasteiger partial charge in [-0.1, -0.05) is 13.8 Å². The van der Waals surface area contributed by atoms with Crippen LogP contribution in [0.15, 0.2) is 65.3 Å². The van der Waals surface area contributed by atoms with Gasteiger partial charge in [0.15, 0.2) is 0 Å². The lowest BCUT2D eigenvalue weighted by atomic mass is 10.1. The Hall–Kier alpha value is -4.38. The van der Waals surface area contributed by atoms with E-state index in [1.165, 1.54) is 10.9 Å². The Balaban J connectivity index is 1.45. The summed E-state index contributed by atoms with van der Waals surface area (Å²) in [6.07, 6.45) is 3.14. The number of oxazole rings is 1. The van der Waals surface area contributed by atoms with Gasteiger partial charge in [0.05, 0.1) is 18.1 Å². The smallest absolute Gasteiger partial charge is 0.255 e. The number of nitrogens with one attached hydrogen (secondary N) is 1. The first-order valence-electron chi connectivity index (χ1n) is 9.68. The third-order valence-electron chi connectivity index (χ3n) is 4.78. The molecule has 0 unspecified atom stereocenters. The summed E-state index contributed by atoms with van der Waals surface area (Å²) in [6.45, 7) is 4.09. The van der Waals surface area contributed by atoms with Gasteiger partial charge in [0.1, 0.15) is 23.2 Å². The van der Waals surface area contributed by atoms with Crippen LogP contribution >= 0.6 is 0 Å². The normalized spacial score (nSPS) is 10.8. The van der Waals surface area contributed by atoms with Gasteiger partial charge in [0, 0.05) is 22.7 Å². The average Bonchev–Trinajstić information content (AvgIpc) is 3.41. The summed E-state index contributed by atoms with van der Waals surface area (Å²) in [6, 6.07) is 16.1. The molecule has 0 bridgehead atoms. The van der Waals surface area contributed by atoms with Gasteiger partial charge in [-0.3, -0.25) is 4.79 Å². The molecule has 0 aliphatic heterocycles. The second-order valence-corrected chi connectivity index (χ2v) is 7.27. The van der Waals surface area contributed by atoms with Crippen molar-refractivity contribution in [2.45, 2.75) is 19.8 Å². The zero-order chi connectivity index (χ0) is 22.0. The van der Waals surface area contributed by atoms with Gasteiger partial charge >= 0.3 is 0 Å². The number of hydrogen-bond acceptors (Lipinski definition) is 6. The van der Waals surface area contributed by atoms with E-state index >= 15 is 0 Å². The second kappa shape index (κ2) is 8.16. The molecule has 31 heavy (non-hydrogen) atoms. The van der Waals surface area contributed by atoms with E-state index in [9.17, 15) is 4.79 Å². The van der Waals surface area contributed by atoms with Crippen LogP contribution in [0.4, 0.5) is 11.5 Å². The Bertz CT molecular complexity index is 1260. The molecule has 0 spiro atoms. The van der Waals surface area contributed by atoms with Gasteiger partial charge in [0.2, 0.25) is 5.89 Å². The number of nitriles is 1. The summed E-state index contributed by atoms with van der Waals surface area (Å²) in [5, 5.41) is 16.0. The molecule has 8 heteroatoms. The predicted octanol–water partition coefficient (Wildman–Crippen LogP) is 4.36. The van der Waals surface area contributed by atoms with Crippen molar-refractivity contribution in [3.8, 4) is 23.2 Å². The number of amides is 1. The number of aromatic nitrogens is 3. The largest absolute Gasteiger partial charge is 0.441 e. The van der Waals surface area contributed by atoms with Crippen LogP contribution in [-0.4, -0.2) is 20.7 Å². The van der Waals surface area contributed by atoms with Gasteiger partial charge < -0.3 is 15.5 Å². The van der Waals surface area contributed by atoms with Crippen LogP contribution in [0.2, 0.25) is 0 Å². The van der Waals surface area contributed by atoms with E-state index in [-0.39, 0.29) is 17.6 Å². The van der Waals surface area contributed by atoms with E-state index in [0.29, 0.717) is 28.4 Å². The number of nitrogens with zero attached hydrogens (tertiary/aromatic N) is 4. The number of carbonyl (C=O) groups is 1. The maximum atomic E-state index is 12.6. The SMILES string of the molecule is CC(C)c1cnc(-c2ccc(NC(=O)c3ccc(-n4ncc(C#N)c4N)cc3)cc2)o1. The maximum absolute atomic E-state index is 12.6. The molecule has 0 radical (unpaired) electrons. The minimum absolute atomic E-state index is 0.247. The maximum Gasteiger partial charge on any atom is 0.255 e. The highest BCUT2D eigenvalue weighted by Gasteiger charge is 2.12. The molecule has 2 aromatic carbocycles. The fraction of sp³-hybridized carbons (Fsp3) is 0.130. The molecule has 1 amide bonds. The highest BCUT2D eigenvalue weighted by atomic mass is 16.4. The molecule has 0 aliphatic carbocycles. The Morgan fingerprint density at radius 3 is 2.42 bits per heavy atom. The molecule has 0 aliphatic rings. The lowest BCUT2D eigenvalue weighted by Crippen LogP contribution is -2.12. The molecule has 0 atom stereocenters. The van der Waals surface area contributed by atoms with E-state index in [0.717, 1.165) is 11.3 Å². The number of carbonyl (C=O) groups excluding carboxylic acids is 1. The van der Waals surface area contributed by atoms with Crippen molar-refractivity contribution in [1.29, 1.82) is 5.26 Å². The first-order valence-corrected chi connectivity index (χ1v) is 9.68. The van der Waals surface area contributed by atoms with Crippen molar-refractivity contribution >= 4 is 17.4 Å². The first kappa shape index (κ1) is 19.9. The lowest BCUT2D eigenvalue weighted by Gasteiger charge is -2.08. The summed E-state index contributed by atoms with van der Waals surface area (Å²) in [7, 11) is 0. The third-order valence-corrected chi connectivity index (χ3v) is 4.78. The molecule has 0 saturated heterocycles. The van der Waals surface area contributed by atoms with E-state index in [1.807, 2.05) is 32.0 Å². The van der Waals surface area contributed by atoms with Crippen molar-refractivity contribution < 1.29 is 9.21 Å². The first-order chi connectivity index (χ1) is 15.0. The summed E-state index contributed by atoms with van der Waals surface area (Å²) in [4.78, 5) is 16.9. The van der Waals surface area contributed by atoms with Crippen molar-refractivity contribution in [1.82, 2.24) is 14.8 Å². The van der Waals surface area contributed by atoms with Crippen LogP contribution in [0.1, 0.15) is 41.4 Å². The lowest BCUT2D eigenvalue weighted by molar-refractivity contribution is 0.102. The number of nitrogens with two attached hydrogens (primary N) is 1. The van der Waals surface area contributed by atoms with Crippen molar-refractivity contribution in [2.24, 2.45) is 0 Å². The second-order valence-electron chi connectivity index (χ2n) is 7.27. The van der Waals surface area contributed by atoms with Crippen molar-refractivity contribution in [3.05, 3.63) is 77.8 Å². The molecular formula is C23H20N6O2. The molecule has 0 saturated carbocycles. The topological polar surface area (TPSA) is 123 Å². The molecule has 154 valence electrons. The zero-order valence-corrected chi connectivity index (χ0v) is 17.0. The summed E-state index contributed by atoms with van der Waals surface area (Å²) in [5.41, 5.74) is 8.84. The molecule has 2 heterocycles. The molecule has 2 aromatic heterocycles. The van der Waals surface area contributed by atoms with Crippen LogP contribution in [-0.2, 0) is 0 Å². The summed E-state index contributed by atoms with van der Waals surface area (Å²) >= 11 is 0. The van der Waals surface area contributed by atoms with Crippen LogP contribution < -0.4 is 11.1 Å². The van der Waals surface area contributed by atoms with Gasteiger partial charge in [-0.15, -0.1) is 0 Å². The minimum atomic E-state index is -0.247. The number of anilines is 2. The van der Waals surface area contributed by atoms with Gasteiger partial charge in [0.25, 0.3) is 5.91 Å². The number of hydrogen-bond donors (Lipinski definition) is 2. The Morgan fingerprint density at radius 1 is 1.13 bits per heavy atom. The van der Waals surface area contributed by atoms with E-state index in [2.05, 4.69) is 15.4 Å². The molecular weight excluding hydrogens is 392 g/mol. The fourth-order valence-corrected chi connectivity index (χ4v) is 2.99. The highest BCUT2D eigenvalue weighted by molar-refractivity contribution is 6.04. The molecule has 8 nitrogen and oxygen atoms in total. The highest BCUT2D eigenvalue weighted by Crippen LogP contribution is 2.25. The van der Waals surface area contributed by atoms with Crippen LogP contribution in [0, 0.1) is 11.3 Å². The van der Waals surface area contributed by atoms with Gasteiger partial charge in [-0.2, -0.15) is 10.4 Å². The monoisotopic (exact) mass is 412 g/mol. The van der Waals surface area contributed by atoms with Gasteiger partial charge in [-0.05, 0) is 48.5 Å². The third kappa shape index (κ3) is 4.02. The van der Waals surface area contributed by atoms with Crippen LogP contribution in [0.25, 0.3) is 17.1 Å². The molecule has 3 N–H and O–H groups in total. The fourth-order valence-electron chi connectivity index (χ4n) is 2.99. The Labute approximate surface area is 178 Å². The summed E-state index contributed by atoms with van der Waals surface area (Å²) in [5.74, 6) is 1.66. The average molecular weight is 412 g/mol. The van der Waals surface area contributed by atoms with E-state index in [4.69, 9.17) is 15.4 Å². The number of nitrogen functional groups attached to an aromatic ring is 1. The molecule has 0 fully saturated rings. The van der Waals surface area contributed by atoms with Crippen LogP contribution in [0.5, 0.6) is 0 Å². The van der Waals surface area contributed by atoms with Crippen molar-refractivity contribution in [3.63, 3.8) is 0 Å². The molecule has 4 rings (SSSR count). The van der Waals surface area contributed by atoms with E-state index in [1.54, 1.807) is 42.6 Å². The van der Waals surface area contributed by atoms with Gasteiger partial charge in [-0.25, -0.2) is 9.67 Å². The number of rotatable bonds is 5. The predicted molar refractivity (Wildman–Crippen MR) is 117 cm³/mol. The quantitative estimate of drug-likeness (QED) is 0.502. The van der Waals surface area contributed by atoms with E-state index < -0.39 is 0 Å². The zero-order valence-electron chi connectivity index (χ0n) is 17.0.